The molecule has 1 rings (SSSR count). The van der Waals surface area contributed by atoms with Gasteiger partial charge in [-0.2, -0.15) is 0 Å². The van der Waals surface area contributed by atoms with Gasteiger partial charge in [-0.1, -0.05) is 0 Å². The second-order valence-corrected chi connectivity index (χ2v) is 3.51. The van der Waals surface area contributed by atoms with Crippen molar-refractivity contribution >= 4 is 23.0 Å². The highest BCUT2D eigenvalue weighted by Crippen LogP contribution is 2.15. The molecule has 0 saturated heterocycles. The van der Waals surface area contributed by atoms with E-state index in [1.807, 2.05) is 0 Å². The quantitative estimate of drug-likeness (QED) is 0.657. The summed E-state index contributed by atoms with van der Waals surface area (Å²) in [7, 11) is 0. The molecule has 0 saturated carbocycles. The summed E-state index contributed by atoms with van der Waals surface area (Å²) in [6.45, 7) is 0. The Morgan fingerprint density at radius 1 is 1.13 bits per heavy atom. The third-order valence-corrected chi connectivity index (χ3v) is 2.38. The second kappa shape index (κ2) is 4.20. The SMILES string of the molecule is O=C(O)c1ccc(S(=O)O)c(C(=O)O)c1. The Labute approximate surface area is 86.5 Å². The molecule has 0 bridgehead atoms. The molecule has 1 aromatic rings. The van der Waals surface area contributed by atoms with E-state index in [4.69, 9.17) is 14.8 Å². The monoisotopic (exact) mass is 230 g/mol. The van der Waals surface area contributed by atoms with E-state index in [0.29, 0.717) is 0 Å². The Morgan fingerprint density at radius 2 is 1.73 bits per heavy atom. The molecule has 1 unspecified atom stereocenters. The summed E-state index contributed by atoms with van der Waals surface area (Å²) in [5, 5.41) is 17.3. The van der Waals surface area contributed by atoms with Crippen molar-refractivity contribution < 1.29 is 28.6 Å². The lowest BCUT2D eigenvalue weighted by Crippen LogP contribution is -2.07. The lowest BCUT2D eigenvalue weighted by atomic mass is 10.1. The molecule has 15 heavy (non-hydrogen) atoms. The van der Waals surface area contributed by atoms with Gasteiger partial charge in [0.2, 0.25) is 0 Å². The summed E-state index contributed by atoms with van der Waals surface area (Å²) in [4.78, 5) is 20.9. The molecule has 0 heterocycles. The molecular formula is C8H6O6S. The zero-order valence-corrected chi connectivity index (χ0v) is 8.02. The van der Waals surface area contributed by atoms with Gasteiger partial charge < -0.3 is 14.8 Å². The zero-order chi connectivity index (χ0) is 11.6. The van der Waals surface area contributed by atoms with Gasteiger partial charge in [-0.15, -0.1) is 0 Å². The van der Waals surface area contributed by atoms with Crippen molar-refractivity contribution in [3.05, 3.63) is 29.3 Å². The number of benzene rings is 1. The van der Waals surface area contributed by atoms with Gasteiger partial charge in [0.25, 0.3) is 0 Å². The number of hydrogen-bond donors (Lipinski definition) is 3. The first-order valence-electron chi connectivity index (χ1n) is 3.65. The van der Waals surface area contributed by atoms with E-state index in [-0.39, 0.29) is 10.5 Å². The molecule has 1 aromatic carbocycles. The Balaban J connectivity index is 3.40. The third kappa shape index (κ3) is 2.39. The van der Waals surface area contributed by atoms with Crippen molar-refractivity contribution in [1.29, 1.82) is 0 Å². The van der Waals surface area contributed by atoms with Crippen LogP contribution in [0.2, 0.25) is 0 Å². The predicted molar refractivity (Wildman–Crippen MR) is 49.4 cm³/mol. The van der Waals surface area contributed by atoms with Crippen LogP contribution in [0.15, 0.2) is 23.1 Å². The molecule has 3 N–H and O–H groups in total. The van der Waals surface area contributed by atoms with Crippen molar-refractivity contribution in [3.8, 4) is 0 Å². The largest absolute Gasteiger partial charge is 0.478 e. The van der Waals surface area contributed by atoms with E-state index in [9.17, 15) is 13.8 Å². The highest BCUT2D eigenvalue weighted by molar-refractivity contribution is 7.79. The molecule has 6 nitrogen and oxygen atoms in total. The summed E-state index contributed by atoms with van der Waals surface area (Å²) in [5.74, 6) is -2.75. The van der Waals surface area contributed by atoms with Crippen LogP contribution in [-0.2, 0) is 11.1 Å². The van der Waals surface area contributed by atoms with Crippen LogP contribution in [0, 0.1) is 0 Å². The van der Waals surface area contributed by atoms with Crippen molar-refractivity contribution in [2.75, 3.05) is 0 Å². The molecule has 0 aliphatic carbocycles. The summed E-state index contributed by atoms with van der Waals surface area (Å²) in [6, 6.07) is 2.91. The molecule has 0 aliphatic rings. The van der Waals surface area contributed by atoms with Crippen LogP contribution in [0.1, 0.15) is 20.7 Å². The van der Waals surface area contributed by atoms with Gasteiger partial charge in [-0.25, -0.2) is 13.8 Å². The van der Waals surface area contributed by atoms with E-state index < -0.39 is 28.6 Å². The fourth-order valence-corrected chi connectivity index (χ4v) is 1.50. The van der Waals surface area contributed by atoms with Gasteiger partial charge in [0.15, 0.2) is 11.1 Å². The van der Waals surface area contributed by atoms with Crippen LogP contribution in [0.5, 0.6) is 0 Å². The van der Waals surface area contributed by atoms with Crippen molar-refractivity contribution in [3.63, 3.8) is 0 Å². The topological polar surface area (TPSA) is 112 Å². The molecule has 1 atom stereocenters. The van der Waals surface area contributed by atoms with Gasteiger partial charge in [0.05, 0.1) is 16.0 Å². The van der Waals surface area contributed by atoms with Crippen LogP contribution in [0.4, 0.5) is 0 Å². The minimum absolute atomic E-state index is 0.249. The Bertz CT molecular complexity index is 452. The molecule has 0 spiro atoms. The summed E-state index contributed by atoms with van der Waals surface area (Å²) in [6.07, 6.45) is 0. The molecule has 80 valence electrons. The van der Waals surface area contributed by atoms with Crippen LogP contribution < -0.4 is 0 Å². The summed E-state index contributed by atoms with van der Waals surface area (Å²) in [5.41, 5.74) is -0.739. The van der Waals surface area contributed by atoms with Crippen LogP contribution in [0.25, 0.3) is 0 Å². The number of carbonyl (C=O) groups is 2. The fraction of sp³-hybridized carbons (Fsp3) is 0. The lowest BCUT2D eigenvalue weighted by Gasteiger charge is -2.02. The zero-order valence-electron chi connectivity index (χ0n) is 7.21. The molecular weight excluding hydrogens is 224 g/mol. The number of carboxylic acid groups (broad SMARTS) is 2. The van der Waals surface area contributed by atoms with Gasteiger partial charge in [-0.05, 0) is 18.2 Å². The minimum Gasteiger partial charge on any atom is -0.478 e. The Kier molecular flexibility index (Phi) is 3.17. The lowest BCUT2D eigenvalue weighted by molar-refractivity contribution is 0.0692. The van der Waals surface area contributed by atoms with Gasteiger partial charge in [-0.3, -0.25) is 0 Å². The molecule has 0 aliphatic heterocycles. The smallest absolute Gasteiger partial charge is 0.337 e. The number of carboxylic acids is 2. The fourth-order valence-electron chi connectivity index (χ4n) is 0.982. The third-order valence-electron chi connectivity index (χ3n) is 1.65. The highest BCUT2D eigenvalue weighted by atomic mass is 32.2. The standard InChI is InChI=1S/C8H6O6S/c9-7(10)4-1-2-6(15(13)14)5(3-4)8(11)12/h1-3H,(H,9,10)(H,11,12)(H,13,14). The first-order chi connectivity index (χ1) is 6.93. The van der Waals surface area contributed by atoms with Crippen LogP contribution in [0.3, 0.4) is 0 Å². The Morgan fingerprint density at radius 3 is 2.13 bits per heavy atom. The van der Waals surface area contributed by atoms with E-state index >= 15 is 0 Å². The number of rotatable bonds is 3. The van der Waals surface area contributed by atoms with E-state index in [1.54, 1.807) is 0 Å². The maximum absolute atomic E-state index is 10.7. The van der Waals surface area contributed by atoms with Gasteiger partial charge in [0, 0.05) is 0 Å². The van der Waals surface area contributed by atoms with Gasteiger partial charge in [0.1, 0.15) is 0 Å². The molecule has 7 heteroatoms. The summed E-state index contributed by atoms with van der Waals surface area (Å²) >= 11 is -2.46. The Hall–Kier alpha value is -1.73. The highest BCUT2D eigenvalue weighted by Gasteiger charge is 2.16. The molecule has 0 amide bonds. The molecule has 0 radical (unpaired) electrons. The van der Waals surface area contributed by atoms with Crippen LogP contribution >= 0.6 is 0 Å². The summed E-state index contributed by atoms with van der Waals surface area (Å²) < 4.78 is 19.5. The number of hydrogen-bond acceptors (Lipinski definition) is 3. The molecule has 0 fully saturated rings. The average molecular weight is 230 g/mol. The van der Waals surface area contributed by atoms with Crippen molar-refractivity contribution in [1.82, 2.24) is 0 Å². The van der Waals surface area contributed by atoms with Crippen LogP contribution in [-0.4, -0.2) is 30.9 Å². The van der Waals surface area contributed by atoms with E-state index in [1.165, 1.54) is 0 Å². The van der Waals surface area contributed by atoms with Gasteiger partial charge >= 0.3 is 11.9 Å². The normalized spacial score (nSPS) is 12.1. The second-order valence-electron chi connectivity index (χ2n) is 2.57. The first-order valence-corrected chi connectivity index (χ1v) is 4.75. The van der Waals surface area contributed by atoms with E-state index in [2.05, 4.69) is 0 Å². The van der Waals surface area contributed by atoms with E-state index in [0.717, 1.165) is 18.2 Å². The van der Waals surface area contributed by atoms with Crippen molar-refractivity contribution in [2.45, 2.75) is 4.90 Å². The average Bonchev–Trinajstić information content (AvgIpc) is 2.16. The molecule has 0 aromatic heterocycles. The minimum atomic E-state index is -2.46. The van der Waals surface area contributed by atoms with Crippen molar-refractivity contribution in [2.24, 2.45) is 0 Å². The number of aromatic carboxylic acids is 2. The maximum atomic E-state index is 10.7. The first kappa shape index (κ1) is 11.3. The predicted octanol–water partition coefficient (Wildman–Crippen LogP) is 0.664. The maximum Gasteiger partial charge on any atom is 0.337 e.